The molecule has 1 N–H and O–H groups in total. The highest BCUT2D eigenvalue weighted by molar-refractivity contribution is 5.91. The molecule has 0 bridgehead atoms. The molecule has 1 aromatic carbocycles. The van der Waals surface area contributed by atoms with E-state index >= 15 is 0 Å². The molecule has 92 valence electrons. The van der Waals surface area contributed by atoms with Crippen LogP contribution in [0.1, 0.15) is 12.6 Å². The van der Waals surface area contributed by atoms with Crippen molar-refractivity contribution in [3.8, 4) is 6.07 Å². The molecule has 0 saturated carbocycles. The minimum atomic E-state index is 0.424. The zero-order valence-corrected chi connectivity index (χ0v) is 10.3. The zero-order valence-electron chi connectivity index (χ0n) is 10.3. The van der Waals surface area contributed by atoms with Gasteiger partial charge in [0, 0.05) is 24.2 Å². The smallest absolute Gasteiger partial charge is 0.143 e. The number of benzene rings is 1. The summed E-state index contributed by atoms with van der Waals surface area (Å²) in [4.78, 5) is 4.27. The van der Waals surface area contributed by atoms with E-state index in [1.165, 1.54) is 0 Å². The first-order valence-corrected chi connectivity index (χ1v) is 5.96. The predicted molar refractivity (Wildman–Crippen MR) is 71.4 cm³/mol. The highest BCUT2D eigenvalue weighted by Crippen LogP contribution is 2.22. The van der Waals surface area contributed by atoms with Crippen LogP contribution in [0, 0.1) is 11.3 Å². The SMILES string of the molecule is CCOCCNc1cc(C#N)nc2ccccc12. The van der Waals surface area contributed by atoms with Crippen LogP contribution in [0.5, 0.6) is 0 Å². The average Bonchev–Trinajstić information content (AvgIpc) is 2.43. The van der Waals surface area contributed by atoms with Gasteiger partial charge in [-0.15, -0.1) is 0 Å². The van der Waals surface area contributed by atoms with Gasteiger partial charge in [0.15, 0.2) is 0 Å². The molecular formula is C14H15N3O. The number of rotatable bonds is 5. The molecule has 2 rings (SSSR count). The molecule has 0 amide bonds. The molecule has 0 unspecified atom stereocenters. The van der Waals surface area contributed by atoms with Crippen LogP contribution in [0.4, 0.5) is 5.69 Å². The van der Waals surface area contributed by atoms with Gasteiger partial charge in [0.25, 0.3) is 0 Å². The number of nitrogens with one attached hydrogen (secondary N) is 1. The van der Waals surface area contributed by atoms with Crippen LogP contribution in [0.2, 0.25) is 0 Å². The van der Waals surface area contributed by atoms with Crippen LogP contribution in [0.25, 0.3) is 10.9 Å². The fourth-order valence-corrected chi connectivity index (χ4v) is 1.78. The van der Waals surface area contributed by atoms with E-state index < -0.39 is 0 Å². The minimum Gasteiger partial charge on any atom is -0.382 e. The van der Waals surface area contributed by atoms with E-state index in [0.717, 1.165) is 16.6 Å². The van der Waals surface area contributed by atoms with Crippen LogP contribution in [0.15, 0.2) is 30.3 Å². The molecule has 4 heteroatoms. The number of pyridine rings is 1. The molecule has 0 aliphatic heterocycles. The van der Waals surface area contributed by atoms with Gasteiger partial charge >= 0.3 is 0 Å². The number of anilines is 1. The maximum absolute atomic E-state index is 8.97. The first kappa shape index (κ1) is 12.3. The molecule has 4 nitrogen and oxygen atoms in total. The molecule has 0 fully saturated rings. The minimum absolute atomic E-state index is 0.424. The molecule has 0 aliphatic carbocycles. The molecule has 0 saturated heterocycles. The highest BCUT2D eigenvalue weighted by atomic mass is 16.5. The molecule has 0 atom stereocenters. The summed E-state index contributed by atoms with van der Waals surface area (Å²) in [6.45, 7) is 4.04. The maximum atomic E-state index is 8.97. The van der Waals surface area contributed by atoms with Gasteiger partial charge < -0.3 is 10.1 Å². The lowest BCUT2D eigenvalue weighted by Gasteiger charge is -2.09. The van der Waals surface area contributed by atoms with E-state index in [9.17, 15) is 0 Å². The maximum Gasteiger partial charge on any atom is 0.143 e. The molecule has 18 heavy (non-hydrogen) atoms. The van der Waals surface area contributed by atoms with Gasteiger partial charge in [0.1, 0.15) is 11.8 Å². The largest absolute Gasteiger partial charge is 0.382 e. The van der Waals surface area contributed by atoms with Crippen LogP contribution < -0.4 is 5.32 Å². The Morgan fingerprint density at radius 1 is 1.39 bits per heavy atom. The summed E-state index contributed by atoms with van der Waals surface area (Å²) >= 11 is 0. The van der Waals surface area contributed by atoms with E-state index in [1.54, 1.807) is 6.07 Å². The van der Waals surface area contributed by atoms with Gasteiger partial charge in [-0.2, -0.15) is 5.26 Å². The Kier molecular flexibility index (Phi) is 4.11. The van der Waals surface area contributed by atoms with Gasteiger partial charge in [-0.05, 0) is 19.1 Å². The third kappa shape index (κ3) is 2.76. The van der Waals surface area contributed by atoms with Gasteiger partial charge in [-0.25, -0.2) is 4.98 Å². The number of aromatic nitrogens is 1. The second-order valence-electron chi connectivity index (χ2n) is 3.81. The van der Waals surface area contributed by atoms with Crippen molar-refractivity contribution in [1.29, 1.82) is 5.26 Å². The van der Waals surface area contributed by atoms with Crippen LogP contribution >= 0.6 is 0 Å². The monoisotopic (exact) mass is 241 g/mol. The lowest BCUT2D eigenvalue weighted by atomic mass is 10.1. The molecule has 0 radical (unpaired) electrons. The Morgan fingerprint density at radius 3 is 3.00 bits per heavy atom. The number of para-hydroxylation sites is 1. The third-order valence-corrected chi connectivity index (χ3v) is 2.60. The number of fused-ring (bicyclic) bond motifs is 1. The Hall–Kier alpha value is -2.12. The summed E-state index contributed by atoms with van der Waals surface area (Å²) < 4.78 is 5.28. The first-order chi connectivity index (χ1) is 8.85. The number of hydrogen-bond acceptors (Lipinski definition) is 4. The van der Waals surface area contributed by atoms with Crippen LogP contribution in [-0.2, 0) is 4.74 Å². The summed E-state index contributed by atoms with van der Waals surface area (Å²) in [6.07, 6.45) is 0. The van der Waals surface area contributed by atoms with Crippen molar-refractivity contribution in [1.82, 2.24) is 4.98 Å². The predicted octanol–water partition coefficient (Wildman–Crippen LogP) is 2.55. The van der Waals surface area contributed by atoms with Crippen LogP contribution in [-0.4, -0.2) is 24.7 Å². The molecule has 2 aromatic rings. The first-order valence-electron chi connectivity index (χ1n) is 5.96. The fourth-order valence-electron chi connectivity index (χ4n) is 1.78. The van der Waals surface area contributed by atoms with E-state index in [0.29, 0.717) is 25.5 Å². The van der Waals surface area contributed by atoms with E-state index in [1.807, 2.05) is 31.2 Å². The molecule has 1 aromatic heterocycles. The van der Waals surface area contributed by atoms with E-state index in [4.69, 9.17) is 10.00 Å². The summed E-state index contributed by atoms with van der Waals surface area (Å²) in [7, 11) is 0. The second-order valence-corrected chi connectivity index (χ2v) is 3.81. The van der Waals surface area contributed by atoms with Gasteiger partial charge in [-0.1, -0.05) is 18.2 Å². The fraction of sp³-hybridized carbons (Fsp3) is 0.286. The van der Waals surface area contributed by atoms with Crippen molar-refractivity contribution in [2.24, 2.45) is 0 Å². The van der Waals surface area contributed by atoms with Crippen molar-refractivity contribution in [3.63, 3.8) is 0 Å². The van der Waals surface area contributed by atoms with Gasteiger partial charge in [0.2, 0.25) is 0 Å². The molecule has 1 heterocycles. The van der Waals surface area contributed by atoms with E-state index in [-0.39, 0.29) is 0 Å². The van der Waals surface area contributed by atoms with Crippen molar-refractivity contribution >= 4 is 16.6 Å². The van der Waals surface area contributed by atoms with Gasteiger partial charge in [0.05, 0.1) is 12.1 Å². The van der Waals surface area contributed by atoms with Crippen molar-refractivity contribution in [3.05, 3.63) is 36.0 Å². The Morgan fingerprint density at radius 2 is 2.22 bits per heavy atom. The average molecular weight is 241 g/mol. The second kappa shape index (κ2) is 5.99. The highest BCUT2D eigenvalue weighted by Gasteiger charge is 2.04. The normalized spacial score (nSPS) is 10.2. The number of nitriles is 1. The van der Waals surface area contributed by atoms with Crippen molar-refractivity contribution in [2.45, 2.75) is 6.92 Å². The molecule has 0 spiro atoms. The topological polar surface area (TPSA) is 57.9 Å². The standard InChI is InChI=1S/C14H15N3O/c1-2-18-8-7-16-14-9-11(10-15)17-13-6-4-3-5-12(13)14/h3-6,9H,2,7-8H2,1H3,(H,16,17). The summed E-state index contributed by atoms with van der Waals surface area (Å²) in [5.74, 6) is 0. The van der Waals surface area contributed by atoms with E-state index in [2.05, 4.69) is 16.4 Å². The number of hydrogen-bond donors (Lipinski definition) is 1. The Labute approximate surface area is 106 Å². The summed E-state index contributed by atoms with van der Waals surface area (Å²) in [5, 5.41) is 13.3. The quantitative estimate of drug-likeness (QED) is 0.817. The zero-order chi connectivity index (χ0) is 12.8. The van der Waals surface area contributed by atoms with Gasteiger partial charge in [-0.3, -0.25) is 0 Å². The number of nitrogens with zero attached hydrogens (tertiary/aromatic N) is 2. The summed E-state index contributed by atoms with van der Waals surface area (Å²) in [6, 6.07) is 11.6. The van der Waals surface area contributed by atoms with Crippen molar-refractivity contribution in [2.75, 3.05) is 25.1 Å². The molecular weight excluding hydrogens is 226 g/mol. The Bertz CT molecular complexity index is 575. The third-order valence-electron chi connectivity index (χ3n) is 2.60. The van der Waals surface area contributed by atoms with Crippen LogP contribution in [0.3, 0.4) is 0 Å². The summed E-state index contributed by atoms with van der Waals surface area (Å²) in [5.41, 5.74) is 2.18. The van der Waals surface area contributed by atoms with Crippen molar-refractivity contribution < 1.29 is 4.74 Å². The number of ether oxygens (including phenoxy) is 1. The lowest BCUT2D eigenvalue weighted by molar-refractivity contribution is 0.158. The lowest BCUT2D eigenvalue weighted by Crippen LogP contribution is -2.09. The Balaban J connectivity index is 2.27. The molecule has 0 aliphatic rings.